The Morgan fingerprint density at radius 1 is 0.964 bits per heavy atom. The first-order valence-electron chi connectivity index (χ1n) is 8.80. The lowest BCUT2D eigenvalue weighted by atomic mass is 10.1. The zero-order valence-electron chi connectivity index (χ0n) is 16.0. The molecule has 0 saturated carbocycles. The number of halogens is 1. The molecule has 6 heteroatoms. The van der Waals surface area contributed by atoms with Crippen LogP contribution in [0.5, 0.6) is 5.75 Å². The van der Waals surface area contributed by atoms with Crippen molar-refractivity contribution in [2.45, 2.75) is 25.3 Å². The van der Waals surface area contributed by atoms with Gasteiger partial charge in [-0.2, -0.15) is 0 Å². The normalized spacial score (nSPS) is 11.3. The van der Waals surface area contributed by atoms with E-state index in [1.54, 1.807) is 31.2 Å². The van der Waals surface area contributed by atoms with E-state index in [-0.39, 0.29) is 11.4 Å². The van der Waals surface area contributed by atoms with Crippen LogP contribution in [-0.2, 0) is 16.6 Å². The lowest BCUT2D eigenvalue weighted by Gasteiger charge is -2.26. The van der Waals surface area contributed by atoms with Crippen LogP contribution in [0.1, 0.15) is 16.7 Å². The van der Waals surface area contributed by atoms with Crippen molar-refractivity contribution in [2.24, 2.45) is 0 Å². The fraction of sp³-hybridized carbons (Fsp3) is 0.182. The summed E-state index contributed by atoms with van der Waals surface area (Å²) in [4.78, 5) is -0.0533. The van der Waals surface area contributed by atoms with Gasteiger partial charge in [-0.1, -0.05) is 42.0 Å². The van der Waals surface area contributed by atoms with E-state index in [0.29, 0.717) is 17.0 Å². The minimum atomic E-state index is -4.00. The summed E-state index contributed by atoms with van der Waals surface area (Å²) in [5, 5.41) is 0. The highest BCUT2D eigenvalue weighted by Gasteiger charge is 2.27. The van der Waals surface area contributed by atoms with Crippen LogP contribution >= 0.6 is 0 Å². The third-order valence-electron chi connectivity index (χ3n) is 4.51. The van der Waals surface area contributed by atoms with Gasteiger partial charge in [0.25, 0.3) is 10.0 Å². The molecular weight excluding hydrogens is 377 g/mol. The summed E-state index contributed by atoms with van der Waals surface area (Å²) in [5.41, 5.74) is 2.84. The van der Waals surface area contributed by atoms with Crippen LogP contribution in [0.4, 0.5) is 10.1 Å². The van der Waals surface area contributed by atoms with Crippen LogP contribution in [0.3, 0.4) is 0 Å². The number of sulfonamides is 1. The van der Waals surface area contributed by atoms with E-state index >= 15 is 0 Å². The molecule has 28 heavy (non-hydrogen) atoms. The highest BCUT2D eigenvalue weighted by molar-refractivity contribution is 7.92. The van der Waals surface area contributed by atoms with Crippen molar-refractivity contribution in [1.82, 2.24) is 0 Å². The van der Waals surface area contributed by atoms with E-state index in [2.05, 4.69) is 0 Å². The number of rotatable bonds is 6. The Hall–Kier alpha value is -2.86. The van der Waals surface area contributed by atoms with Gasteiger partial charge in [-0.3, -0.25) is 4.31 Å². The Balaban J connectivity index is 2.14. The maximum absolute atomic E-state index is 13.8. The molecule has 0 aliphatic heterocycles. The highest BCUT2D eigenvalue weighted by atomic mass is 32.2. The van der Waals surface area contributed by atoms with E-state index in [9.17, 15) is 12.8 Å². The molecule has 3 rings (SSSR count). The molecule has 0 unspecified atom stereocenters. The molecule has 0 spiro atoms. The van der Waals surface area contributed by atoms with Crippen LogP contribution in [0, 0.1) is 19.7 Å². The van der Waals surface area contributed by atoms with Gasteiger partial charge in [-0.05, 0) is 49.2 Å². The second kappa shape index (κ2) is 8.02. The molecule has 0 aliphatic rings. The zero-order chi connectivity index (χ0) is 20.3. The van der Waals surface area contributed by atoms with Crippen LogP contribution < -0.4 is 9.04 Å². The summed E-state index contributed by atoms with van der Waals surface area (Å²) < 4.78 is 47.4. The van der Waals surface area contributed by atoms with E-state index in [4.69, 9.17) is 4.74 Å². The van der Waals surface area contributed by atoms with Gasteiger partial charge in [0.15, 0.2) is 0 Å². The third kappa shape index (κ3) is 4.17. The van der Waals surface area contributed by atoms with Crippen LogP contribution in [-0.4, -0.2) is 15.5 Å². The van der Waals surface area contributed by atoms with Gasteiger partial charge in [0.05, 0.1) is 24.2 Å². The Morgan fingerprint density at radius 3 is 2.36 bits per heavy atom. The predicted octanol–water partition coefficient (Wildman–Crippen LogP) is 4.85. The van der Waals surface area contributed by atoms with Crippen LogP contribution in [0.2, 0.25) is 0 Å². The molecule has 0 fully saturated rings. The molecule has 146 valence electrons. The van der Waals surface area contributed by atoms with Gasteiger partial charge < -0.3 is 4.74 Å². The molecule has 0 aromatic heterocycles. The van der Waals surface area contributed by atoms with Crippen molar-refractivity contribution >= 4 is 15.7 Å². The summed E-state index contributed by atoms with van der Waals surface area (Å²) in [5.74, 6) is -0.0531. The monoisotopic (exact) mass is 399 g/mol. The van der Waals surface area contributed by atoms with Crippen LogP contribution in [0.15, 0.2) is 71.6 Å². The number of methoxy groups -OCH3 is 1. The quantitative estimate of drug-likeness (QED) is 0.595. The first kappa shape index (κ1) is 19.9. The second-order valence-electron chi connectivity index (χ2n) is 6.61. The smallest absolute Gasteiger partial charge is 0.264 e. The van der Waals surface area contributed by atoms with Crippen molar-refractivity contribution in [1.29, 1.82) is 0 Å². The Kier molecular flexibility index (Phi) is 5.70. The van der Waals surface area contributed by atoms with Gasteiger partial charge in [-0.15, -0.1) is 0 Å². The van der Waals surface area contributed by atoms with E-state index in [1.165, 1.54) is 23.5 Å². The summed E-state index contributed by atoms with van der Waals surface area (Å²) in [6.07, 6.45) is 0. The number of hydrogen-bond acceptors (Lipinski definition) is 3. The standard InChI is InChI=1S/C22H22FNO3S/c1-16-7-10-18(11-8-16)15-24(20-5-4-6-21(14-20)27-3)28(25,26)22-13-19(23)12-9-17(22)2/h4-14H,15H2,1-3H3. The van der Waals surface area contributed by atoms with E-state index in [0.717, 1.165) is 17.2 Å². The fourth-order valence-corrected chi connectivity index (χ4v) is 4.59. The largest absolute Gasteiger partial charge is 0.497 e. The van der Waals surface area contributed by atoms with Crippen molar-refractivity contribution in [3.8, 4) is 5.75 Å². The Bertz CT molecular complexity index is 1080. The number of anilines is 1. The molecular formula is C22H22FNO3S. The number of nitrogens with zero attached hydrogens (tertiary/aromatic N) is 1. The van der Waals surface area contributed by atoms with Gasteiger partial charge in [-0.25, -0.2) is 12.8 Å². The molecule has 0 atom stereocenters. The molecule has 3 aromatic rings. The second-order valence-corrected chi connectivity index (χ2v) is 8.44. The van der Waals surface area contributed by atoms with E-state index in [1.807, 2.05) is 31.2 Å². The van der Waals surface area contributed by atoms with Crippen molar-refractivity contribution in [3.05, 3.63) is 89.2 Å². The minimum absolute atomic E-state index is 0.0533. The van der Waals surface area contributed by atoms with Gasteiger partial charge >= 0.3 is 0 Å². The highest BCUT2D eigenvalue weighted by Crippen LogP contribution is 2.30. The van der Waals surface area contributed by atoms with Crippen LogP contribution in [0.25, 0.3) is 0 Å². The van der Waals surface area contributed by atoms with E-state index < -0.39 is 15.8 Å². The first-order valence-corrected chi connectivity index (χ1v) is 10.2. The Labute approximate surface area is 165 Å². The summed E-state index contributed by atoms with van der Waals surface area (Å²) in [6, 6.07) is 18.2. The topological polar surface area (TPSA) is 46.6 Å². The molecule has 0 radical (unpaired) electrons. The zero-order valence-corrected chi connectivity index (χ0v) is 16.8. The third-order valence-corrected chi connectivity index (χ3v) is 6.42. The average Bonchev–Trinajstić information content (AvgIpc) is 2.69. The molecule has 0 aliphatic carbocycles. The molecule has 3 aromatic carbocycles. The maximum atomic E-state index is 13.8. The molecule has 0 bridgehead atoms. The van der Waals surface area contributed by atoms with Crippen molar-refractivity contribution in [2.75, 3.05) is 11.4 Å². The molecule has 0 N–H and O–H groups in total. The maximum Gasteiger partial charge on any atom is 0.264 e. The van der Waals surface area contributed by atoms with Gasteiger partial charge in [0.1, 0.15) is 11.6 Å². The molecule has 4 nitrogen and oxygen atoms in total. The predicted molar refractivity (Wildman–Crippen MR) is 109 cm³/mol. The number of ether oxygens (including phenoxy) is 1. The molecule has 0 saturated heterocycles. The number of benzene rings is 3. The first-order chi connectivity index (χ1) is 13.3. The number of aryl methyl sites for hydroxylation is 2. The SMILES string of the molecule is COc1cccc(N(Cc2ccc(C)cc2)S(=O)(=O)c2cc(F)ccc2C)c1. The average molecular weight is 399 g/mol. The lowest BCUT2D eigenvalue weighted by molar-refractivity contribution is 0.415. The van der Waals surface area contributed by atoms with Gasteiger partial charge in [0, 0.05) is 6.07 Å². The number of hydrogen-bond donors (Lipinski definition) is 0. The molecule has 0 amide bonds. The summed E-state index contributed by atoms with van der Waals surface area (Å²) in [7, 11) is -2.48. The van der Waals surface area contributed by atoms with Crippen molar-refractivity contribution in [3.63, 3.8) is 0 Å². The fourth-order valence-electron chi connectivity index (χ4n) is 2.91. The van der Waals surface area contributed by atoms with Crippen molar-refractivity contribution < 1.29 is 17.5 Å². The van der Waals surface area contributed by atoms with Gasteiger partial charge in [0.2, 0.25) is 0 Å². The summed E-state index contributed by atoms with van der Waals surface area (Å²) >= 11 is 0. The minimum Gasteiger partial charge on any atom is -0.497 e. The lowest BCUT2D eigenvalue weighted by Crippen LogP contribution is -2.31. The molecule has 0 heterocycles. The Morgan fingerprint density at radius 2 is 1.68 bits per heavy atom. The summed E-state index contributed by atoms with van der Waals surface area (Å²) in [6.45, 7) is 3.74.